The molecule has 114 valence electrons. The molecule has 0 aliphatic heterocycles. The van der Waals surface area contributed by atoms with Gasteiger partial charge in [-0.1, -0.05) is 19.9 Å². The van der Waals surface area contributed by atoms with Crippen LogP contribution in [0.5, 0.6) is 5.75 Å². The van der Waals surface area contributed by atoms with Crippen molar-refractivity contribution in [1.29, 1.82) is 0 Å². The number of methoxy groups -OCH3 is 1. The Labute approximate surface area is 135 Å². The molecule has 2 aromatic rings. The van der Waals surface area contributed by atoms with Gasteiger partial charge in [0.1, 0.15) is 5.75 Å². The molecule has 1 heterocycles. The number of hydrogen-bond acceptors (Lipinski definition) is 2. The number of nitrogens with zero attached hydrogens (tertiary/aromatic N) is 1. The minimum absolute atomic E-state index is 0.443. The maximum absolute atomic E-state index is 5.27. The first-order valence-corrected chi connectivity index (χ1v) is 8.18. The Morgan fingerprint density at radius 1 is 1.29 bits per heavy atom. The van der Waals surface area contributed by atoms with E-state index in [1.54, 1.807) is 7.11 Å². The Bertz CT molecular complexity index is 580. The van der Waals surface area contributed by atoms with Crippen LogP contribution in [0.4, 0.5) is 0 Å². The molecule has 4 heteroatoms. The fourth-order valence-corrected chi connectivity index (χ4v) is 3.12. The number of aromatic nitrogens is 1. The molecule has 1 atom stereocenters. The van der Waals surface area contributed by atoms with Crippen molar-refractivity contribution in [3.05, 3.63) is 52.3 Å². The van der Waals surface area contributed by atoms with Crippen LogP contribution in [-0.2, 0) is 6.54 Å². The van der Waals surface area contributed by atoms with Crippen LogP contribution < -0.4 is 10.1 Å². The Hall–Kier alpha value is -1.26. The highest BCUT2D eigenvalue weighted by Crippen LogP contribution is 2.26. The Morgan fingerprint density at radius 2 is 2.10 bits per heavy atom. The lowest BCUT2D eigenvalue weighted by atomic mass is 10.1. The van der Waals surface area contributed by atoms with Crippen LogP contribution in [0.3, 0.4) is 0 Å². The largest absolute Gasteiger partial charge is 0.496 e. The lowest BCUT2D eigenvalue weighted by molar-refractivity contribution is 0.412. The summed E-state index contributed by atoms with van der Waals surface area (Å²) in [7, 11) is 1.68. The molecule has 0 fully saturated rings. The van der Waals surface area contributed by atoms with Crippen molar-refractivity contribution in [2.24, 2.45) is 0 Å². The van der Waals surface area contributed by atoms with Crippen molar-refractivity contribution in [2.45, 2.75) is 32.9 Å². The number of halogens is 1. The average Bonchev–Trinajstić information content (AvgIpc) is 2.93. The third-order valence-corrected chi connectivity index (χ3v) is 4.24. The van der Waals surface area contributed by atoms with E-state index in [0.717, 1.165) is 29.7 Å². The van der Waals surface area contributed by atoms with E-state index in [-0.39, 0.29) is 0 Å². The predicted octanol–water partition coefficient (Wildman–Crippen LogP) is 4.37. The van der Waals surface area contributed by atoms with Crippen LogP contribution in [0.1, 0.15) is 37.4 Å². The molecule has 0 aliphatic carbocycles. The lowest BCUT2D eigenvalue weighted by Gasteiger charge is -2.14. The maximum Gasteiger partial charge on any atom is 0.133 e. The number of nitrogens with one attached hydrogen (secondary N) is 1. The van der Waals surface area contributed by atoms with Crippen molar-refractivity contribution in [3.8, 4) is 5.75 Å². The van der Waals surface area contributed by atoms with Crippen LogP contribution in [0.25, 0.3) is 0 Å². The Kier molecular flexibility index (Phi) is 5.88. The fourth-order valence-electron chi connectivity index (χ4n) is 2.53. The van der Waals surface area contributed by atoms with E-state index in [9.17, 15) is 0 Å². The fraction of sp³-hybridized carbons (Fsp3) is 0.412. The van der Waals surface area contributed by atoms with Gasteiger partial charge in [-0.05, 0) is 58.2 Å². The second-order valence-corrected chi connectivity index (χ2v) is 5.96. The van der Waals surface area contributed by atoms with Gasteiger partial charge in [-0.15, -0.1) is 0 Å². The summed E-state index contributed by atoms with van der Waals surface area (Å²) in [6.07, 6.45) is 5.48. The third kappa shape index (κ3) is 4.11. The maximum atomic E-state index is 5.27. The van der Waals surface area contributed by atoms with Gasteiger partial charge in [-0.3, -0.25) is 0 Å². The molecule has 2 rings (SSSR count). The zero-order valence-electron chi connectivity index (χ0n) is 12.9. The van der Waals surface area contributed by atoms with Gasteiger partial charge in [0.25, 0.3) is 0 Å². The van der Waals surface area contributed by atoms with E-state index in [2.05, 4.69) is 70.3 Å². The topological polar surface area (TPSA) is 26.2 Å². The number of ether oxygens (including phenoxy) is 1. The van der Waals surface area contributed by atoms with E-state index in [4.69, 9.17) is 4.74 Å². The van der Waals surface area contributed by atoms with Crippen LogP contribution in [0.2, 0.25) is 0 Å². The lowest BCUT2D eigenvalue weighted by Crippen LogP contribution is -2.19. The zero-order chi connectivity index (χ0) is 15.2. The molecule has 1 aromatic heterocycles. The highest BCUT2D eigenvalue weighted by molar-refractivity contribution is 9.10. The average molecular weight is 351 g/mol. The molecule has 1 aromatic carbocycles. The number of rotatable bonds is 7. The summed E-state index contributed by atoms with van der Waals surface area (Å²) in [5.74, 6) is 0.866. The smallest absolute Gasteiger partial charge is 0.133 e. The van der Waals surface area contributed by atoms with Crippen molar-refractivity contribution in [1.82, 2.24) is 9.88 Å². The molecular formula is C17H23BrN2O. The van der Waals surface area contributed by atoms with Crippen LogP contribution in [-0.4, -0.2) is 18.2 Å². The second-order valence-electron chi connectivity index (χ2n) is 5.10. The van der Waals surface area contributed by atoms with E-state index < -0.39 is 0 Å². The normalized spacial score (nSPS) is 12.4. The van der Waals surface area contributed by atoms with Crippen molar-refractivity contribution in [3.63, 3.8) is 0 Å². The van der Waals surface area contributed by atoms with Crippen molar-refractivity contribution >= 4 is 15.9 Å². The summed E-state index contributed by atoms with van der Waals surface area (Å²) in [6.45, 7) is 6.22. The molecule has 0 saturated heterocycles. The van der Waals surface area contributed by atoms with Crippen molar-refractivity contribution in [2.75, 3.05) is 13.7 Å². The van der Waals surface area contributed by atoms with E-state index in [1.165, 1.54) is 11.1 Å². The van der Waals surface area contributed by atoms with Gasteiger partial charge in [0.2, 0.25) is 0 Å². The molecule has 0 saturated carbocycles. The van der Waals surface area contributed by atoms with Crippen LogP contribution in [0.15, 0.2) is 41.1 Å². The molecule has 21 heavy (non-hydrogen) atoms. The van der Waals surface area contributed by atoms with E-state index in [1.807, 2.05) is 6.07 Å². The Morgan fingerprint density at radius 3 is 2.71 bits per heavy atom. The quantitative estimate of drug-likeness (QED) is 0.802. The molecule has 1 N–H and O–H groups in total. The number of benzene rings is 1. The molecule has 0 bridgehead atoms. The minimum Gasteiger partial charge on any atom is -0.496 e. The predicted molar refractivity (Wildman–Crippen MR) is 90.9 cm³/mol. The molecule has 0 spiro atoms. The number of hydrogen-bond donors (Lipinski definition) is 1. The molecule has 0 radical (unpaired) electrons. The van der Waals surface area contributed by atoms with Gasteiger partial charge in [0, 0.05) is 25.0 Å². The van der Waals surface area contributed by atoms with Gasteiger partial charge in [0.15, 0.2) is 0 Å². The van der Waals surface area contributed by atoms with Crippen LogP contribution in [0, 0.1) is 0 Å². The summed E-state index contributed by atoms with van der Waals surface area (Å²) in [5.41, 5.74) is 2.60. The summed E-state index contributed by atoms with van der Waals surface area (Å²) >= 11 is 3.54. The van der Waals surface area contributed by atoms with Gasteiger partial charge < -0.3 is 14.6 Å². The Balaban J connectivity index is 2.10. The van der Waals surface area contributed by atoms with Gasteiger partial charge in [-0.2, -0.15) is 0 Å². The first-order chi connectivity index (χ1) is 10.2. The van der Waals surface area contributed by atoms with E-state index in [0.29, 0.717) is 6.04 Å². The summed E-state index contributed by atoms with van der Waals surface area (Å²) in [6, 6.07) is 8.86. The molecule has 0 aliphatic rings. The third-order valence-electron chi connectivity index (χ3n) is 3.62. The van der Waals surface area contributed by atoms with Gasteiger partial charge in [0.05, 0.1) is 11.6 Å². The molecular weight excluding hydrogens is 328 g/mol. The highest BCUT2D eigenvalue weighted by Gasteiger charge is 2.09. The summed E-state index contributed by atoms with van der Waals surface area (Å²) < 4.78 is 8.49. The van der Waals surface area contributed by atoms with Gasteiger partial charge in [-0.25, -0.2) is 0 Å². The van der Waals surface area contributed by atoms with E-state index >= 15 is 0 Å². The standard InChI is InChI=1S/C17H23BrN2O/c1-4-16(19-5-2)14-8-9-20(12-14)11-13-6-7-17(21-3)15(18)10-13/h6-10,12,16,19H,4-5,11H2,1-3H3. The van der Waals surface area contributed by atoms with Crippen LogP contribution >= 0.6 is 15.9 Å². The SMILES string of the molecule is CCNC(CC)c1ccn(Cc2ccc(OC)c(Br)c2)c1. The molecule has 0 amide bonds. The molecule has 1 unspecified atom stereocenters. The van der Waals surface area contributed by atoms with Gasteiger partial charge >= 0.3 is 0 Å². The second kappa shape index (κ2) is 7.66. The summed E-state index contributed by atoms with van der Waals surface area (Å²) in [5, 5.41) is 3.51. The van der Waals surface area contributed by atoms with Crippen molar-refractivity contribution < 1.29 is 4.74 Å². The first-order valence-electron chi connectivity index (χ1n) is 7.39. The monoisotopic (exact) mass is 350 g/mol. The highest BCUT2D eigenvalue weighted by atomic mass is 79.9. The summed E-state index contributed by atoms with van der Waals surface area (Å²) in [4.78, 5) is 0. The molecule has 3 nitrogen and oxygen atoms in total. The zero-order valence-corrected chi connectivity index (χ0v) is 14.5. The first kappa shape index (κ1) is 16.1. The minimum atomic E-state index is 0.443.